The second-order valence-corrected chi connectivity index (χ2v) is 12.7. The highest BCUT2D eigenvalue weighted by Gasteiger charge is 2.17. The third-order valence-electron chi connectivity index (χ3n) is 7.11. The maximum atomic E-state index is 12.2. The van der Waals surface area contributed by atoms with E-state index in [1.165, 1.54) is 36.6 Å². The fourth-order valence-corrected chi connectivity index (χ4v) is 5.17. The first kappa shape index (κ1) is 29.3. The van der Waals surface area contributed by atoms with E-state index in [1.807, 2.05) is 66.7 Å². The third-order valence-corrected chi connectivity index (χ3v) is 8.74. The topological polar surface area (TPSA) is 116 Å². The predicted octanol–water partition coefficient (Wildman–Crippen LogP) is 7.07. The molecule has 5 aromatic rings. The summed E-state index contributed by atoms with van der Waals surface area (Å²) in [4.78, 5) is 27.1. The standard InChI is InChI=1S/C34H28N2O6S/c1-23(43(2,40)41)19-25-20-29-7-4-18-35-34(29)32(21-25)28-6-3-5-27(22-28)26-11-8-24(9-12-26)10-17-33(37)42-31-15-13-30(14-16-31)36(38)39/h3-18,20-23H,19H2,1-2H3. The van der Waals surface area contributed by atoms with Crippen molar-refractivity contribution in [1.82, 2.24) is 4.98 Å². The van der Waals surface area contributed by atoms with E-state index in [0.717, 1.165) is 44.3 Å². The van der Waals surface area contributed by atoms with E-state index in [4.69, 9.17) is 4.74 Å². The van der Waals surface area contributed by atoms with Crippen LogP contribution in [0.5, 0.6) is 5.75 Å². The molecule has 1 atom stereocenters. The second-order valence-electron chi connectivity index (χ2n) is 10.3. The number of aromatic nitrogens is 1. The first-order valence-electron chi connectivity index (χ1n) is 13.5. The lowest BCUT2D eigenvalue weighted by Gasteiger charge is -2.14. The molecule has 216 valence electrons. The van der Waals surface area contributed by atoms with Crippen LogP contribution >= 0.6 is 0 Å². The maximum Gasteiger partial charge on any atom is 0.336 e. The van der Waals surface area contributed by atoms with Gasteiger partial charge in [-0.25, -0.2) is 13.2 Å². The van der Waals surface area contributed by atoms with Crippen molar-refractivity contribution in [3.8, 4) is 28.0 Å². The number of carbonyl (C=O) groups is 1. The molecule has 0 fully saturated rings. The van der Waals surface area contributed by atoms with E-state index in [2.05, 4.69) is 11.1 Å². The average Bonchev–Trinajstić information content (AvgIpc) is 3.00. The molecule has 4 aromatic carbocycles. The van der Waals surface area contributed by atoms with Crippen LogP contribution < -0.4 is 4.74 Å². The number of rotatable bonds is 9. The number of carbonyl (C=O) groups excluding carboxylic acids is 1. The van der Waals surface area contributed by atoms with Crippen LogP contribution in [0.3, 0.4) is 0 Å². The van der Waals surface area contributed by atoms with Gasteiger partial charge in [-0.15, -0.1) is 0 Å². The quantitative estimate of drug-likeness (QED) is 0.0591. The van der Waals surface area contributed by atoms with Gasteiger partial charge >= 0.3 is 5.97 Å². The Morgan fingerprint density at radius 2 is 1.65 bits per heavy atom. The molecule has 1 unspecified atom stereocenters. The summed E-state index contributed by atoms with van der Waals surface area (Å²) in [6, 6.07) is 29.0. The molecule has 0 aliphatic heterocycles. The predicted molar refractivity (Wildman–Crippen MR) is 168 cm³/mol. The molecule has 9 heteroatoms. The van der Waals surface area contributed by atoms with E-state index in [0.29, 0.717) is 6.42 Å². The molecule has 1 aromatic heterocycles. The van der Waals surface area contributed by atoms with E-state index in [9.17, 15) is 23.3 Å². The highest BCUT2D eigenvalue weighted by atomic mass is 32.2. The first-order valence-corrected chi connectivity index (χ1v) is 15.4. The lowest BCUT2D eigenvalue weighted by atomic mass is 9.94. The molecule has 1 heterocycles. The Bertz CT molecular complexity index is 1950. The van der Waals surface area contributed by atoms with Gasteiger partial charge in [0.25, 0.3) is 5.69 Å². The van der Waals surface area contributed by atoms with Crippen LogP contribution in [-0.4, -0.2) is 35.8 Å². The molecular formula is C34H28N2O6S. The SMILES string of the molecule is CC(Cc1cc(-c2cccc(-c3ccc(C=CC(=O)Oc4ccc([N+](=O)[O-])cc4)cc3)c2)c2ncccc2c1)S(C)(=O)=O. The van der Waals surface area contributed by atoms with Crippen molar-refractivity contribution in [2.75, 3.05) is 6.26 Å². The van der Waals surface area contributed by atoms with E-state index in [1.54, 1.807) is 19.2 Å². The van der Waals surface area contributed by atoms with Gasteiger partial charge in [0.2, 0.25) is 0 Å². The average molecular weight is 593 g/mol. The number of hydrogen-bond acceptors (Lipinski definition) is 7. The highest BCUT2D eigenvalue weighted by Crippen LogP contribution is 2.32. The van der Waals surface area contributed by atoms with Crippen LogP contribution in [-0.2, 0) is 21.1 Å². The van der Waals surface area contributed by atoms with Crippen molar-refractivity contribution >= 4 is 38.5 Å². The minimum atomic E-state index is -3.17. The van der Waals surface area contributed by atoms with Gasteiger partial charge < -0.3 is 4.74 Å². The van der Waals surface area contributed by atoms with Crippen molar-refractivity contribution in [3.63, 3.8) is 0 Å². The fourth-order valence-electron chi connectivity index (χ4n) is 4.68. The van der Waals surface area contributed by atoms with Gasteiger partial charge in [0.05, 0.1) is 15.7 Å². The lowest BCUT2D eigenvalue weighted by molar-refractivity contribution is -0.384. The molecule has 0 bridgehead atoms. The first-order chi connectivity index (χ1) is 20.6. The number of benzene rings is 4. The van der Waals surface area contributed by atoms with Gasteiger partial charge in [0.15, 0.2) is 0 Å². The number of fused-ring (bicyclic) bond motifs is 1. The summed E-state index contributed by atoms with van der Waals surface area (Å²) in [5.74, 6) is -0.381. The molecular weight excluding hydrogens is 564 g/mol. The molecule has 0 aliphatic rings. The fraction of sp³-hybridized carbons (Fsp3) is 0.118. The van der Waals surface area contributed by atoms with Gasteiger partial charge in [-0.05, 0) is 83.6 Å². The molecule has 0 aliphatic carbocycles. The Kier molecular flexibility index (Phi) is 8.45. The van der Waals surface area contributed by atoms with Crippen molar-refractivity contribution < 1.29 is 22.9 Å². The number of nitrogens with zero attached hydrogens (tertiary/aromatic N) is 2. The van der Waals surface area contributed by atoms with Crippen LogP contribution in [0.15, 0.2) is 109 Å². The van der Waals surface area contributed by atoms with E-state index in [-0.39, 0.29) is 11.4 Å². The molecule has 0 spiro atoms. The van der Waals surface area contributed by atoms with Crippen molar-refractivity contribution in [2.45, 2.75) is 18.6 Å². The number of nitro benzene ring substituents is 1. The highest BCUT2D eigenvalue weighted by molar-refractivity contribution is 7.91. The monoisotopic (exact) mass is 592 g/mol. The van der Waals surface area contributed by atoms with Crippen molar-refractivity contribution in [1.29, 1.82) is 0 Å². The van der Waals surface area contributed by atoms with Crippen LogP contribution in [0.25, 0.3) is 39.2 Å². The number of sulfone groups is 1. The van der Waals surface area contributed by atoms with Gasteiger partial charge in [0, 0.05) is 41.6 Å². The zero-order chi connectivity index (χ0) is 30.6. The van der Waals surface area contributed by atoms with Crippen LogP contribution in [0, 0.1) is 10.1 Å². The number of hydrogen-bond donors (Lipinski definition) is 0. The molecule has 0 N–H and O–H groups in total. The number of esters is 1. The summed E-state index contributed by atoms with van der Waals surface area (Å²) in [7, 11) is -3.17. The molecule has 43 heavy (non-hydrogen) atoms. The van der Waals surface area contributed by atoms with Crippen molar-refractivity contribution in [2.24, 2.45) is 0 Å². The smallest absolute Gasteiger partial charge is 0.336 e. The Morgan fingerprint density at radius 1 is 0.930 bits per heavy atom. The van der Waals surface area contributed by atoms with Crippen molar-refractivity contribution in [3.05, 3.63) is 131 Å². The summed E-state index contributed by atoms with van der Waals surface area (Å²) in [5.41, 5.74) is 6.35. The number of nitro groups is 1. The lowest BCUT2D eigenvalue weighted by Crippen LogP contribution is -2.18. The van der Waals surface area contributed by atoms with Crippen LogP contribution in [0.1, 0.15) is 18.1 Å². The maximum absolute atomic E-state index is 12.2. The van der Waals surface area contributed by atoms with Gasteiger partial charge in [-0.3, -0.25) is 15.1 Å². The number of non-ortho nitro benzene ring substituents is 1. The summed E-state index contributed by atoms with van der Waals surface area (Å²) in [6.45, 7) is 1.73. The van der Waals surface area contributed by atoms with E-state index >= 15 is 0 Å². The summed E-state index contributed by atoms with van der Waals surface area (Å²) in [5, 5.41) is 11.2. The number of ether oxygens (including phenoxy) is 1. The minimum absolute atomic E-state index is 0.0845. The summed E-state index contributed by atoms with van der Waals surface area (Å²) < 4.78 is 29.4. The Labute approximate surface area is 249 Å². The third kappa shape index (κ3) is 7.20. The molecule has 8 nitrogen and oxygen atoms in total. The largest absolute Gasteiger partial charge is 0.423 e. The Morgan fingerprint density at radius 3 is 2.35 bits per heavy atom. The number of pyridine rings is 1. The summed E-state index contributed by atoms with van der Waals surface area (Å²) >= 11 is 0. The van der Waals surface area contributed by atoms with Gasteiger partial charge in [-0.1, -0.05) is 48.5 Å². The van der Waals surface area contributed by atoms with Crippen LogP contribution in [0.4, 0.5) is 5.69 Å². The summed E-state index contributed by atoms with van der Waals surface area (Å²) in [6.07, 6.45) is 6.36. The Balaban J connectivity index is 1.35. The van der Waals surface area contributed by atoms with Gasteiger partial charge in [-0.2, -0.15) is 0 Å². The molecule has 5 rings (SSSR count). The normalized spacial score (nSPS) is 12.3. The Hall–Kier alpha value is -5.15. The van der Waals surface area contributed by atoms with Crippen LogP contribution in [0.2, 0.25) is 0 Å². The minimum Gasteiger partial charge on any atom is -0.423 e. The molecule has 0 amide bonds. The zero-order valence-corrected chi connectivity index (χ0v) is 24.3. The zero-order valence-electron chi connectivity index (χ0n) is 23.5. The molecule has 0 saturated heterocycles. The second kappa shape index (κ2) is 12.4. The van der Waals surface area contributed by atoms with E-state index < -0.39 is 26.0 Å². The molecule has 0 saturated carbocycles. The van der Waals surface area contributed by atoms with Gasteiger partial charge in [0.1, 0.15) is 15.6 Å². The molecule has 0 radical (unpaired) electrons.